The van der Waals surface area contributed by atoms with E-state index < -0.39 is 0 Å². The van der Waals surface area contributed by atoms with Gasteiger partial charge in [0.25, 0.3) is 0 Å². The van der Waals surface area contributed by atoms with Gasteiger partial charge in [-0.1, -0.05) is 45.2 Å². The Balaban J connectivity index is 2.10. The normalized spacial score (nSPS) is 12.5. The largest absolute Gasteiger partial charge is 0.399 e. The lowest BCUT2D eigenvalue weighted by atomic mass is 10.0. The summed E-state index contributed by atoms with van der Waals surface area (Å²) in [5.41, 5.74) is 7.92. The zero-order valence-electron chi connectivity index (χ0n) is 12.5. The van der Waals surface area contributed by atoms with Crippen LogP contribution in [0.15, 0.2) is 24.3 Å². The Bertz CT molecular complexity index is 338. The van der Waals surface area contributed by atoms with Crippen molar-refractivity contribution >= 4 is 5.69 Å². The van der Waals surface area contributed by atoms with E-state index in [0.29, 0.717) is 0 Å². The molecule has 0 fully saturated rings. The Hall–Kier alpha value is -1.02. The molecular weight excluding hydrogens is 234 g/mol. The highest BCUT2D eigenvalue weighted by Crippen LogP contribution is 2.13. The van der Waals surface area contributed by atoms with Gasteiger partial charge in [0.15, 0.2) is 0 Å². The van der Waals surface area contributed by atoms with Gasteiger partial charge in [0.05, 0.1) is 0 Å². The molecule has 0 aromatic heterocycles. The van der Waals surface area contributed by atoms with Gasteiger partial charge >= 0.3 is 0 Å². The van der Waals surface area contributed by atoms with E-state index in [0.717, 1.165) is 37.7 Å². The van der Waals surface area contributed by atoms with E-state index in [1.807, 2.05) is 12.1 Å². The quantitative estimate of drug-likeness (QED) is 0.500. The van der Waals surface area contributed by atoms with Crippen LogP contribution in [-0.2, 0) is 11.2 Å². The van der Waals surface area contributed by atoms with Crippen LogP contribution in [0.25, 0.3) is 0 Å². The SMILES string of the molecule is CCCCC(CC)COCCCc1cccc(N)c1. The van der Waals surface area contributed by atoms with Crippen molar-refractivity contribution in [2.24, 2.45) is 5.92 Å². The summed E-state index contributed by atoms with van der Waals surface area (Å²) < 4.78 is 5.80. The molecule has 0 heterocycles. The maximum Gasteiger partial charge on any atom is 0.0494 e. The maximum atomic E-state index is 5.80. The third kappa shape index (κ3) is 7.22. The summed E-state index contributed by atoms with van der Waals surface area (Å²) in [5.74, 6) is 0.743. The number of nitrogen functional groups attached to an aromatic ring is 1. The van der Waals surface area contributed by atoms with Gasteiger partial charge in [0, 0.05) is 18.9 Å². The average Bonchev–Trinajstić information content (AvgIpc) is 2.42. The molecule has 0 saturated carbocycles. The molecule has 0 bridgehead atoms. The second-order valence-corrected chi connectivity index (χ2v) is 5.34. The predicted molar refractivity (Wildman–Crippen MR) is 83.3 cm³/mol. The minimum absolute atomic E-state index is 0.743. The zero-order chi connectivity index (χ0) is 13.9. The lowest BCUT2D eigenvalue weighted by Gasteiger charge is -2.14. The number of hydrogen-bond acceptors (Lipinski definition) is 2. The molecule has 0 radical (unpaired) electrons. The van der Waals surface area contributed by atoms with Gasteiger partial charge in [-0.2, -0.15) is 0 Å². The minimum Gasteiger partial charge on any atom is -0.399 e. The molecule has 1 aromatic carbocycles. The molecule has 0 aliphatic heterocycles. The van der Waals surface area contributed by atoms with E-state index in [2.05, 4.69) is 26.0 Å². The van der Waals surface area contributed by atoms with E-state index in [-0.39, 0.29) is 0 Å². The fourth-order valence-electron chi connectivity index (χ4n) is 2.28. The summed E-state index contributed by atoms with van der Waals surface area (Å²) in [6.45, 7) is 6.29. The number of benzene rings is 1. The molecule has 1 atom stereocenters. The molecule has 2 nitrogen and oxygen atoms in total. The van der Waals surface area contributed by atoms with Crippen molar-refractivity contribution in [3.05, 3.63) is 29.8 Å². The molecule has 0 aliphatic carbocycles. The Morgan fingerprint density at radius 2 is 2.05 bits per heavy atom. The summed E-state index contributed by atoms with van der Waals surface area (Å²) in [6, 6.07) is 8.13. The molecule has 2 heteroatoms. The lowest BCUT2D eigenvalue weighted by molar-refractivity contribution is 0.0923. The Kier molecular flexibility index (Phi) is 8.31. The number of nitrogens with two attached hydrogens (primary N) is 1. The van der Waals surface area contributed by atoms with Gasteiger partial charge in [0.2, 0.25) is 0 Å². The molecule has 2 N–H and O–H groups in total. The van der Waals surface area contributed by atoms with Crippen LogP contribution in [0.2, 0.25) is 0 Å². The van der Waals surface area contributed by atoms with E-state index in [4.69, 9.17) is 10.5 Å². The number of anilines is 1. The standard InChI is InChI=1S/C17H29NO/c1-3-5-8-15(4-2)14-19-12-7-10-16-9-6-11-17(18)13-16/h6,9,11,13,15H,3-5,7-8,10,12,14,18H2,1-2H3. The highest BCUT2D eigenvalue weighted by Gasteiger charge is 2.05. The van der Waals surface area contributed by atoms with Crippen LogP contribution in [0.4, 0.5) is 5.69 Å². The lowest BCUT2D eigenvalue weighted by Crippen LogP contribution is -2.10. The van der Waals surface area contributed by atoms with Gasteiger partial charge in [-0.15, -0.1) is 0 Å². The van der Waals surface area contributed by atoms with Crippen molar-refractivity contribution in [2.45, 2.75) is 52.4 Å². The molecular formula is C17H29NO. The maximum absolute atomic E-state index is 5.80. The van der Waals surface area contributed by atoms with Crippen molar-refractivity contribution in [2.75, 3.05) is 18.9 Å². The second-order valence-electron chi connectivity index (χ2n) is 5.34. The van der Waals surface area contributed by atoms with E-state index in [1.165, 1.54) is 31.2 Å². The zero-order valence-corrected chi connectivity index (χ0v) is 12.5. The second kappa shape index (κ2) is 9.85. The molecule has 1 aromatic rings. The van der Waals surface area contributed by atoms with Gasteiger partial charge in [-0.25, -0.2) is 0 Å². The molecule has 0 aliphatic rings. The molecule has 108 valence electrons. The summed E-state index contributed by atoms with van der Waals surface area (Å²) in [6.07, 6.45) is 7.28. The number of ether oxygens (including phenoxy) is 1. The minimum atomic E-state index is 0.743. The predicted octanol–water partition coefficient (Wildman–Crippen LogP) is 4.43. The first-order valence-corrected chi connectivity index (χ1v) is 7.68. The van der Waals surface area contributed by atoms with Crippen LogP contribution in [0, 0.1) is 5.92 Å². The third-order valence-corrected chi connectivity index (χ3v) is 3.60. The molecule has 1 rings (SSSR count). The van der Waals surface area contributed by atoms with E-state index >= 15 is 0 Å². The Morgan fingerprint density at radius 3 is 2.74 bits per heavy atom. The summed E-state index contributed by atoms with van der Waals surface area (Å²) >= 11 is 0. The van der Waals surface area contributed by atoms with Crippen LogP contribution in [0.1, 0.15) is 51.5 Å². The highest BCUT2D eigenvalue weighted by molar-refractivity contribution is 5.40. The third-order valence-electron chi connectivity index (χ3n) is 3.60. The van der Waals surface area contributed by atoms with Crippen molar-refractivity contribution in [1.29, 1.82) is 0 Å². The molecule has 1 unspecified atom stereocenters. The monoisotopic (exact) mass is 263 g/mol. The van der Waals surface area contributed by atoms with Crippen LogP contribution < -0.4 is 5.73 Å². The number of aryl methyl sites for hydroxylation is 1. The summed E-state index contributed by atoms with van der Waals surface area (Å²) in [5, 5.41) is 0. The van der Waals surface area contributed by atoms with Crippen molar-refractivity contribution in [3.8, 4) is 0 Å². The van der Waals surface area contributed by atoms with Gasteiger partial charge in [0.1, 0.15) is 0 Å². The Labute approximate surface area is 118 Å². The highest BCUT2D eigenvalue weighted by atomic mass is 16.5. The average molecular weight is 263 g/mol. The van der Waals surface area contributed by atoms with E-state index in [9.17, 15) is 0 Å². The summed E-state index contributed by atoms with van der Waals surface area (Å²) in [7, 11) is 0. The van der Waals surface area contributed by atoms with Gasteiger partial charge in [-0.05, 0) is 42.9 Å². The first kappa shape index (κ1) is 16.0. The molecule has 0 spiro atoms. The van der Waals surface area contributed by atoms with Crippen molar-refractivity contribution in [1.82, 2.24) is 0 Å². The first-order chi connectivity index (χ1) is 9.26. The number of hydrogen-bond donors (Lipinski definition) is 1. The molecule has 0 saturated heterocycles. The van der Waals surface area contributed by atoms with E-state index in [1.54, 1.807) is 0 Å². The topological polar surface area (TPSA) is 35.2 Å². The van der Waals surface area contributed by atoms with Crippen LogP contribution >= 0.6 is 0 Å². The first-order valence-electron chi connectivity index (χ1n) is 7.68. The van der Waals surface area contributed by atoms with Crippen LogP contribution in [0.5, 0.6) is 0 Å². The molecule has 0 amide bonds. The number of unbranched alkanes of at least 4 members (excludes halogenated alkanes) is 1. The number of rotatable bonds is 10. The van der Waals surface area contributed by atoms with Crippen molar-refractivity contribution < 1.29 is 4.74 Å². The molecule has 19 heavy (non-hydrogen) atoms. The van der Waals surface area contributed by atoms with Gasteiger partial charge < -0.3 is 10.5 Å². The smallest absolute Gasteiger partial charge is 0.0494 e. The summed E-state index contributed by atoms with van der Waals surface area (Å²) in [4.78, 5) is 0. The van der Waals surface area contributed by atoms with Gasteiger partial charge in [-0.3, -0.25) is 0 Å². The fraction of sp³-hybridized carbons (Fsp3) is 0.647. The van der Waals surface area contributed by atoms with Crippen LogP contribution in [-0.4, -0.2) is 13.2 Å². The fourth-order valence-corrected chi connectivity index (χ4v) is 2.28. The van der Waals surface area contributed by atoms with Crippen LogP contribution in [0.3, 0.4) is 0 Å². The Morgan fingerprint density at radius 1 is 1.21 bits per heavy atom. The van der Waals surface area contributed by atoms with Crippen molar-refractivity contribution in [3.63, 3.8) is 0 Å².